The number of aryl methyl sites for hydroxylation is 1. The van der Waals surface area contributed by atoms with Crippen molar-refractivity contribution in [3.05, 3.63) is 35.4 Å². The Kier molecular flexibility index (Phi) is 6.74. The Balaban J connectivity index is 1.45. The number of fused-ring (bicyclic) bond motifs is 1. The second-order valence-corrected chi connectivity index (χ2v) is 10.5. The minimum absolute atomic E-state index is 0.0309. The molecule has 0 radical (unpaired) electrons. The van der Waals surface area contributed by atoms with E-state index in [2.05, 4.69) is 53.7 Å². The predicted octanol–water partition coefficient (Wildman–Crippen LogP) is 2.67. The monoisotopic (exact) mass is 484 g/mol. The minimum Gasteiger partial charge on any atom is -0.396 e. The highest BCUT2D eigenvalue weighted by Crippen LogP contribution is 2.44. The van der Waals surface area contributed by atoms with Gasteiger partial charge in [-0.05, 0) is 44.1 Å². The summed E-state index contributed by atoms with van der Waals surface area (Å²) in [5.74, 6) is 1.79. The van der Waals surface area contributed by atoms with E-state index in [1.54, 1.807) is 16.4 Å². The quantitative estimate of drug-likeness (QED) is 0.267. The standard InChI is InChI=1S/C24H32N6O3S/c1-3-9-34-24-26-22(25-17-12-16(17)14-6-4-5-13(2)10-14)19-23(27-24)30(29-28-19)18-11-15(7-8-31)20(32)21(18)33/h4-6,10,15-18,20-21,31-33H,3,7-9,11-12H2,1-2H3,(H,25,26,27)/t15-,16?,17?,18+,20+,21-/m1/s1. The second kappa shape index (κ2) is 9.77. The van der Waals surface area contributed by atoms with E-state index in [9.17, 15) is 15.3 Å². The fraction of sp³-hybridized carbons (Fsp3) is 0.583. The van der Waals surface area contributed by atoms with Crippen LogP contribution in [0.25, 0.3) is 11.2 Å². The van der Waals surface area contributed by atoms with Crippen LogP contribution >= 0.6 is 11.8 Å². The van der Waals surface area contributed by atoms with Crippen LogP contribution in [0.5, 0.6) is 0 Å². The number of aliphatic hydroxyl groups is 3. The molecule has 0 bridgehead atoms. The highest BCUT2D eigenvalue weighted by Gasteiger charge is 2.44. The number of nitrogens with one attached hydrogen (secondary N) is 1. The van der Waals surface area contributed by atoms with E-state index >= 15 is 0 Å². The molecule has 2 unspecified atom stereocenters. The van der Waals surface area contributed by atoms with Crippen molar-refractivity contribution in [1.29, 1.82) is 0 Å². The van der Waals surface area contributed by atoms with E-state index in [0.717, 1.165) is 18.6 Å². The van der Waals surface area contributed by atoms with E-state index in [1.807, 2.05) is 0 Å². The molecule has 0 spiro atoms. The van der Waals surface area contributed by atoms with Gasteiger partial charge in [-0.2, -0.15) is 0 Å². The summed E-state index contributed by atoms with van der Waals surface area (Å²) >= 11 is 1.58. The predicted molar refractivity (Wildman–Crippen MR) is 131 cm³/mol. The van der Waals surface area contributed by atoms with Gasteiger partial charge in [0.15, 0.2) is 22.1 Å². The number of anilines is 1. The number of nitrogens with zero attached hydrogens (tertiary/aromatic N) is 5. The summed E-state index contributed by atoms with van der Waals surface area (Å²) in [5.41, 5.74) is 3.71. The zero-order valence-electron chi connectivity index (χ0n) is 19.5. The molecular formula is C24H32N6O3S. The number of thioether (sulfide) groups is 1. The molecule has 182 valence electrons. The highest BCUT2D eigenvalue weighted by atomic mass is 32.2. The van der Waals surface area contributed by atoms with Crippen molar-refractivity contribution < 1.29 is 15.3 Å². The minimum atomic E-state index is -0.992. The third kappa shape index (κ3) is 4.51. The van der Waals surface area contributed by atoms with Gasteiger partial charge in [0.1, 0.15) is 6.10 Å². The van der Waals surface area contributed by atoms with Gasteiger partial charge < -0.3 is 20.6 Å². The Morgan fingerprint density at radius 3 is 2.79 bits per heavy atom. The molecule has 10 heteroatoms. The lowest BCUT2D eigenvalue weighted by Crippen LogP contribution is -2.30. The molecule has 0 saturated heterocycles. The molecule has 5 rings (SSSR count). The van der Waals surface area contributed by atoms with Crippen molar-refractivity contribution in [3.63, 3.8) is 0 Å². The Bertz CT molecular complexity index is 1160. The number of aromatic nitrogens is 5. The third-order valence-electron chi connectivity index (χ3n) is 6.91. The molecule has 2 aliphatic rings. The molecule has 6 atom stereocenters. The molecule has 0 aliphatic heterocycles. The lowest BCUT2D eigenvalue weighted by molar-refractivity contribution is 0.00107. The van der Waals surface area contributed by atoms with Gasteiger partial charge in [-0.3, -0.25) is 0 Å². The normalized spacial score (nSPS) is 28.5. The molecular weight excluding hydrogens is 452 g/mol. The SMILES string of the molecule is CCCSc1nc(NC2CC2c2cccc(C)c2)c2nnn([C@H]3C[C@@H](CCO)[C@H](O)[C@@H]3O)c2n1. The molecule has 34 heavy (non-hydrogen) atoms. The molecule has 4 N–H and O–H groups in total. The molecule has 2 aliphatic carbocycles. The van der Waals surface area contributed by atoms with Crippen LogP contribution in [-0.4, -0.2) is 70.9 Å². The first-order chi connectivity index (χ1) is 16.5. The first-order valence-corrected chi connectivity index (χ1v) is 13.0. The average molecular weight is 485 g/mol. The van der Waals surface area contributed by atoms with Crippen LogP contribution in [-0.2, 0) is 0 Å². The molecule has 2 heterocycles. The molecule has 2 saturated carbocycles. The summed E-state index contributed by atoms with van der Waals surface area (Å²) in [6.07, 6.45) is 1.06. The molecule has 9 nitrogen and oxygen atoms in total. The van der Waals surface area contributed by atoms with Crippen LogP contribution in [0.3, 0.4) is 0 Å². The summed E-state index contributed by atoms with van der Waals surface area (Å²) in [6, 6.07) is 8.42. The summed E-state index contributed by atoms with van der Waals surface area (Å²) in [7, 11) is 0. The van der Waals surface area contributed by atoms with Crippen LogP contribution in [0.15, 0.2) is 29.4 Å². The van der Waals surface area contributed by atoms with Gasteiger partial charge in [0.25, 0.3) is 0 Å². The van der Waals surface area contributed by atoms with Crippen LogP contribution < -0.4 is 5.32 Å². The summed E-state index contributed by atoms with van der Waals surface area (Å²) < 4.78 is 1.63. The highest BCUT2D eigenvalue weighted by molar-refractivity contribution is 7.99. The number of aliphatic hydroxyl groups excluding tert-OH is 3. The van der Waals surface area contributed by atoms with Gasteiger partial charge in [-0.25, -0.2) is 14.6 Å². The maximum atomic E-state index is 10.7. The van der Waals surface area contributed by atoms with E-state index in [0.29, 0.717) is 40.9 Å². The first kappa shape index (κ1) is 23.5. The van der Waals surface area contributed by atoms with Crippen LogP contribution in [0, 0.1) is 12.8 Å². The summed E-state index contributed by atoms with van der Waals surface area (Å²) in [6.45, 7) is 4.19. The zero-order chi connectivity index (χ0) is 23.8. The number of benzene rings is 1. The molecule has 2 fully saturated rings. The fourth-order valence-electron chi connectivity index (χ4n) is 4.99. The van der Waals surface area contributed by atoms with Crippen molar-refractivity contribution in [2.45, 2.75) is 74.9 Å². The van der Waals surface area contributed by atoms with E-state index in [1.165, 1.54) is 11.1 Å². The Labute approximate surface area is 203 Å². The summed E-state index contributed by atoms with van der Waals surface area (Å²) in [5, 5.41) is 43.4. The molecule has 3 aromatic rings. The van der Waals surface area contributed by atoms with Crippen molar-refractivity contribution >= 4 is 28.7 Å². The van der Waals surface area contributed by atoms with Crippen LogP contribution in [0.4, 0.5) is 5.82 Å². The molecule has 1 aromatic carbocycles. The average Bonchev–Trinajstić information content (AvgIpc) is 3.38. The van der Waals surface area contributed by atoms with Crippen molar-refractivity contribution in [3.8, 4) is 0 Å². The zero-order valence-corrected chi connectivity index (χ0v) is 20.3. The van der Waals surface area contributed by atoms with Crippen molar-refractivity contribution in [2.24, 2.45) is 5.92 Å². The van der Waals surface area contributed by atoms with Gasteiger partial charge in [0, 0.05) is 24.3 Å². The second-order valence-electron chi connectivity index (χ2n) is 9.47. The van der Waals surface area contributed by atoms with Gasteiger partial charge >= 0.3 is 0 Å². The molecule has 0 amide bonds. The van der Waals surface area contributed by atoms with Crippen molar-refractivity contribution in [2.75, 3.05) is 17.7 Å². The third-order valence-corrected chi connectivity index (χ3v) is 7.96. The number of rotatable bonds is 9. The Morgan fingerprint density at radius 2 is 2.03 bits per heavy atom. The largest absolute Gasteiger partial charge is 0.396 e. The Morgan fingerprint density at radius 1 is 1.18 bits per heavy atom. The number of hydrogen-bond acceptors (Lipinski definition) is 9. The van der Waals surface area contributed by atoms with Gasteiger partial charge in [0.05, 0.1) is 12.1 Å². The maximum absolute atomic E-state index is 10.7. The van der Waals surface area contributed by atoms with Crippen LogP contribution in [0.2, 0.25) is 0 Å². The number of hydrogen-bond donors (Lipinski definition) is 4. The van der Waals surface area contributed by atoms with E-state index < -0.39 is 18.2 Å². The maximum Gasteiger partial charge on any atom is 0.191 e. The van der Waals surface area contributed by atoms with Gasteiger partial charge in [0.2, 0.25) is 0 Å². The van der Waals surface area contributed by atoms with Crippen molar-refractivity contribution in [1.82, 2.24) is 25.0 Å². The van der Waals surface area contributed by atoms with Gasteiger partial charge in [-0.15, -0.1) is 5.10 Å². The Hall–Kier alpha value is -2.27. The topological polar surface area (TPSA) is 129 Å². The lowest BCUT2D eigenvalue weighted by Gasteiger charge is -2.17. The fourth-order valence-corrected chi connectivity index (χ4v) is 5.68. The van der Waals surface area contributed by atoms with Crippen LogP contribution in [0.1, 0.15) is 55.7 Å². The summed E-state index contributed by atoms with van der Waals surface area (Å²) in [4.78, 5) is 9.50. The smallest absolute Gasteiger partial charge is 0.191 e. The van der Waals surface area contributed by atoms with Gasteiger partial charge in [-0.1, -0.05) is 53.7 Å². The lowest BCUT2D eigenvalue weighted by atomic mass is 10.0. The van der Waals surface area contributed by atoms with E-state index in [4.69, 9.17) is 9.97 Å². The first-order valence-electron chi connectivity index (χ1n) is 12.1. The van der Waals surface area contributed by atoms with E-state index in [-0.39, 0.29) is 18.6 Å². The molecule has 2 aromatic heterocycles.